The van der Waals surface area contributed by atoms with Crippen molar-refractivity contribution < 1.29 is 17.3 Å². The van der Waals surface area contributed by atoms with Gasteiger partial charge in [-0.2, -0.15) is 8.42 Å². The third-order valence-corrected chi connectivity index (χ3v) is 4.11. The number of aromatic nitrogens is 1. The van der Waals surface area contributed by atoms with Crippen LogP contribution in [-0.4, -0.2) is 31.9 Å². The number of hydrogen-bond donors (Lipinski definition) is 0. The van der Waals surface area contributed by atoms with Gasteiger partial charge in [-0.1, -0.05) is 0 Å². The molecule has 0 aliphatic heterocycles. The number of ether oxygens (including phenoxy) is 1. The second kappa shape index (κ2) is 5.14. The molecule has 1 aliphatic rings. The van der Waals surface area contributed by atoms with Crippen molar-refractivity contribution in [3.05, 3.63) is 22.3 Å². The molecular weight excluding hydrogens is 322 g/mol. The lowest BCUT2D eigenvalue weighted by molar-refractivity contribution is 0.00639. The molecule has 1 aromatic rings. The zero-order chi connectivity index (χ0) is 13.3. The Morgan fingerprint density at radius 2 is 2.00 bits per heavy atom. The van der Waals surface area contributed by atoms with Crippen LogP contribution in [0.4, 0.5) is 0 Å². The summed E-state index contributed by atoms with van der Waals surface area (Å²) in [7, 11) is -3.37. The van der Waals surface area contributed by atoms with Crippen LogP contribution < -0.4 is 4.74 Å². The molecule has 1 saturated carbocycles. The molecular formula is C11H14BrNO4S. The van der Waals surface area contributed by atoms with E-state index in [1.807, 2.05) is 13.0 Å². The van der Waals surface area contributed by atoms with Crippen molar-refractivity contribution in [3.63, 3.8) is 0 Å². The fraction of sp³-hybridized carbons (Fsp3) is 0.545. The van der Waals surface area contributed by atoms with Gasteiger partial charge in [-0.25, -0.2) is 4.98 Å². The highest BCUT2D eigenvalue weighted by atomic mass is 79.9. The third kappa shape index (κ3) is 3.66. The maximum atomic E-state index is 10.9. The minimum absolute atomic E-state index is 0.0233. The standard InChI is InChI=1S/C11H14BrNO4S/c1-7-10(12)3-4-11(13-7)16-8-5-9(6-8)17-18(2,14)15/h3-4,8-9H,5-6H2,1-2H3/t8-,9+. The molecule has 1 aliphatic carbocycles. The van der Waals surface area contributed by atoms with Gasteiger partial charge >= 0.3 is 0 Å². The van der Waals surface area contributed by atoms with E-state index in [2.05, 4.69) is 20.9 Å². The van der Waals surface area contributed by atoms with Crippen LogP contribution in [0.1, 0.15) is 18.5 Å². The van der Waals surface area contributed by atoms with E-state index in [1.165, 1.54) is 0 Å². The van der Waals surface area contributed by atoms with Gasteiger partial charge in [0.05, 0.1) is 18.1 Å². The highest BCUT2D eigenvalue weighted by molar-refractivity contribution is 9.10. The summed E-state index contributed by atoms with van der Waals surface area (Å²) in [6, 6.07) is 3.66. The molecule has 0 saturated heterocycles. The van der Waals surface area contributed by atoms with Crippen LogP contribution in [0.2, 0.25) is 0 Å². The molecule has 7 heteroatoms. The Morgan fingerprint density at radius 3 is 2.56 bits per heavy atom. The van der Waals surface area contributed by atoms with E-state index in [0.717, 1.165) is 16.4 Å². The topological polar surface area (TPSA) is 65.5 Å². The summed E-state index contributed by atoms with van der Waals surface area (Å²) in [5, 5.41) is 0. The summed E-state index contributed by atoms with van der Waals surface area (Å²) in [6.07, 6.45) is 1.92. The molecule has 1 fully saturated rings. The molecule has 0 bridgehead atoms. The van der Waals surface area contributed by atoms with Gasteiger partial charge in [-0.3, -0.25) is 4.18 Å². The molecule has 1 heterocycles. The molecule has 1 aromatic heterocycles. The fourth-order valence-corrected chi connectivity index (χ4v) is 2.57. The fourth-order valence-electron chi connectivity index (χ4n) is 1.70. The highest BCUT2D eigenvalue weighted by Gasteiger charge is 2.34. The molecule has 0 radical (unpaired) electrons. The Labute approximate surface area is 115 Å². The Morgan fingerprint density at radius 1 is 1.33 bits per heavy atom. The third-order valence-electron chi connectivity index (χ3n) is 2.65. The minimum atomic E-state index is -3.37. The average Bonchev–Trinajstić information content (AvgIpc) is 2.18. The van der Waals surface area contributed by atoms with Crippen molar-refractivity contribution in [1.29, 1.82) is 0 Å². The lowest BCUT2D eigenvalue weighted by atomic mass is 9.92. The van der Waals surface area contributed by atoms with Crippen LogP contribution in [0.5, 0.6) is 5.88 Å². The van der Waals surface area contributed by atoms with Gasteiger partial charge in [0, 0.05) is 23.4 Å². The van der Waals surface area contributed by atoms with Gasteiger partial charge in [0.25, 0.3) is 10.1 Å². The van der Waals surface area contributed by atoms with Crippen molar-refractivity contribution in [2.24, 2.45) is 0 Å². The van der Waals surface area contributed by atoms with Gasteiger partial charge in [0.1, 0.15) is 6.10 Å². The van der Waals surface area contributed by atoms with Crippen LogP contribution in [-0.2, 0) is 14.3 Å². The summed E-state index contributed by atoms with van der Waals surface area (Å²) >= 11 is 3.36. The van der Waals surface area contributed by atoms with Crippen LogP contribution in [0, 0.1) is 6.92 Å². The second-order valence-electron chi connectivity index (χ2n) is 4.35. The van der Waals surface area contributed by atoms with Crippen molar-refractivity contribution in [2.45, 2.75) is 32.0 Å². The number of aryl methyl sites for hydroxylation is 1. The zero-order valence-electron chi connectivity index (χ0n) is 10.1. The molecule has 2 rings (SSSR count). The summed E-state index contributed by atoms with van der Waals surface area (Å²) < 4.78 is 33.2. The van der Waals surface area contributed by atoms with Crippen molar-refractivity contribution in [2.75, 3.05) is 6.26 Å². The number of rotatable bonds is 4. The molecule has 0 aromatic carbocycles. The minimum Gasteiger partial charge on any atom is -0.474 e. The quantitative estimate of drug-likeness (QED) is 0.788. The number of halogens is 1. The van der Waals surface area contributed by atoms with Gasteiger partial charge in [-0.15, -0.1) is 0 Å². The maximum Gasteiger partial charge on any atom is 0.264 e. The van der Waals surface area contributed by atoms with E-state index in [9.17, 15) is 8.42 Å². The van der Waals surface area contributed by atoms with Gasteiger partial charge in [0.15, 0.2) is 0 Å². The Kier molecular flexibility index (Phi) is 3.93. The predicted octanol–water partition coefficient (Wildman–Crippen LogP) is 2.04. The predicted molar refractivity (Wildman–Crippen MR) is 70.0 cm³/mol. The maximum absolute atomic E-state index is 10.9. The Bertz CT molecular complexity index is 540. The lowest BCUT2D eigenvalue weighted by Gasteiger charge is -2.33. The van der Waals surface area contributed by atoms with E-state index < -0.39 is 10.1 Å². The van der Waals surface area contributed by atoms with E-state index in [4.69, 9.17) is 8.92 Å². The van der Waals surface area contributed by atoms with Gasteiger partial charge in [-0.05, 0) is 28.9 Å². The van der Waals surface area contributed by atoms with Gasteiger partial charge < -0.3 is 4.74 Å². The second-order valence-corrected chi connectivity index (χ2v) is 6.81. The van der Waals surface area contributed by atoms with E-state index in [-0.39, 0.29) is 12.2 Å². The van der Waals surface area contributed by atoms with Crippen LogP contribution in [0.3, 0.4) is 0 Å². The number of nitrogens with zero attached hydrogens (tertiary/aromatic N) is 1. The molecule has 18 heavy (non-hydrogen) atoms. The number of hydrogen-bond acceptors (Lipinski definition) is 5. The summed E-state index contributed by atoms with van der Waals surface area (Å²) in [5.74, 6) is 0.554. The van der Waals surface area contributed by atoms with Gasteiger partial charge in [0.2, 0.25) is 5.88 Å². The number of pyridine rings is 1. The van der Waals surface area contributed by atoms with Crippen molar-refractivity contribution >= 4 is 26.0 Å². The summed E-state index contributed by atoms with van der Waals surface area (Å²) in [6.45, 7) is 1.88. The molecule has 0 spiro atoms. The van der Waals surface area contributed by atoms with Crippen molar-refractivity contribution in [1.82, 2.24) is 4.98 Å². The molecule has 5 nitrogen and oxygen atoms in total. The first-order valence-electron chi connectivity index (χ1n) is 5.51. The van der Waals surface area contributed by atoms with Crippen LogP contribution >= 0.6 is 15.9 Å². The first kappa shape index (κ1) is 13.8. The zero-order valence-corrected chi connectivity index (χ0v) is 12.5. The molecule has 0 N–H and O–H groups in total. The van der Waals surface area contributed by atoms with Crippen LogP contribution in [0.25, 0.3) is 0 Å². The molecule has 0 amide bonds. The first-order chi connectivity index (χ1) is 8.33. The smallest absolute Gasteiger partial charge is 0.264 e. The van der Waals surface area contributed by atoms with Crippen molar-refractivity contribution in [3.8, 4) is 5.88 Å². The Hall–Kier alpha value is -0.660. The SMILES string of the molecule is Cc1nc(O[C@H]2C[C@@H](OS(C)(=O)=O)C2)ccc1Br. The Balaban J connectivity index is 1.85. The average molecular weight is 336 g/mol. The molecule has 0 unspecified atom stereocenters. The van der Waals surface area contributed by atoms with E-state index in [1.54, 1.807) is 6.07 Å². The first-order valence-corrected chi connectivity index (χ1v) is 8.12. The van der Waals surface area contributed by atoms with Crippen LogP contribution in [0.15, 0.2) is 16.6 Å². The monoisotopic (exact) mass is 335 g/mol. The summed E-state index contributed by atoms with van der Waals surface area (Å²) in [4.78, 5) is 4.27. The molecule has 100 valence electrons. The largest absolute Gasteiger partial charge is 0.474 e. The lowest BCUT2D eigenvalue weighted by Crippen LogP contribution is -2.40. The highest BCUT2D eigenvalue weighted by Crippen LogP contribution is 2.29. The van der Waals surface area contributed by atoms with E-state index in [0.29, 0.717) is 18.7 Å². The van der Waals surface area contributed by atoms with E-state index >= 15 is 0 Å². The summed E-state index contributed by atoms with van der Waals surface area (Å²) in [5.41, 5.74) is 0.857. The molecule has 0 atom stereocenters. The normalized spacial score (nSPS) is 23.5.